The fourth-order valence-electron chi connectivity index (χ4n) is 2.95. The fourth-order valence-corrected chi connectivity index (χ4v) is 2.95. The van der Waals surface area contributed by atoms with Gasteiger partial charge in [-0.2, -0.15) is 0 Å². The van der Waals surface area contributed by atoms with Crippen molar-refractivity contribution in [3.8, 4) is 0 Å². The number of rotatable bonds is 5. The molecule has 116 valence electrons. The molecular formula is C17H21N3O2. The molecule has 1 saturated heterocycles. The third-order valence-electron chi connectivity index (χ3n) is 4.16. The molecule has 0 saturated carbocycles. The fraction of sp³-hybridized carbons (Fsp3) is 0.412. The molecule has 1 aromatic carbocycles. The van der Waals surface area contributed by atoms with Gasteiger partial charge in [-0.05, 0) is 30.4 Å². The van der Waals surface area contributed by atoms with Crippen LogP contribution in [0.4, 0.5) is 10.5 Å². The van der Waals surface area contributed by atoms with E-state index in [9.17, 15) is 9.59 Å². The summed E-state index contributed by atoms with van der Waals surface area (Å²) in [6, 6.07) is 7.64. The molecule has 0 spiro atoms. The highest BCUT2D eigenvalue weighted by molar-refractivity contribution is 5.91. The van der Waals surface area contributed by atoms with Crippen LogP contribution in [-0.2, 0) is 11.3 Å². The van der Waals surface area contributed by atoms with Gasteiger partial charge in [0.05, 0.1) is 0 Å². The maximum atomic E-state index is 12.2. The molecule has 3 rings (SSSR count). The van der Waals surface area contributed by atoms with Crippen molar-refractivity contribution in [3.05, 3.63) is 42.0 Å². The molecule has 1 aliphatic carbocycles. The Morgan fingerprint density at radius 1 is 1.36 bits per heavy atom. The first kappa shape index (κ1) is 14.6. The highest BCUT2D eigenvalue weighted by atomic mass is 16.2. The van der Waals surface area contributed by atoms with Gasteiger partial charge in [0.1, 0.15) is 0 Å². The lowest BCUT2D eigenvalue weighted by Gasteiger charge is -2.17. The summed E-state index contributed by atoms with van der Waals surface area (Å²) in [5.74, 6) is 0.395. The Balaban J connectivity index is 1.64. The highest BCUT2D eigenvalue weighted by Crippen LogP contribution is 2.23. The van der Waals surface area contributed by atoms with Crippen LogP contribution < -0.4 is 10.6 Å². The van der Waals surface area contributed by atoms with E-state index in [1.165, 1.54) is 0 Å². The number of carbonyl (C=O) groups excluding carboxylic acids is 2. The quantitative estimate of drug-likeness (QED) is 0.821. The zero-order chi connectivity index (χ0) is 15.4. The number of nitrogens with one attached hydrogen (secondary N) is 2. The Labute approximate surface area is 130 Å². The van der Waals surface area contributed by atoms with Gasteiger partial charge >= 0.3 is 6.03 Å². The van der Waals surface area contributed by atoms with Crippen molar-refractivity contribution in [3.63, 3.8) is 0 Å². The number of amides is 3. The number of allylic oxidation sites excluding steroid dienone is 2. The normalized spacial score (nSPS) is 20.3. The Hall–Kier alpha value is -2.30. The summed E-state index contributed by atoms with van der Waals surface area (Å²) < 4.78 is 0. The Morgan fingerprint density at radius 2 is 2.23 bits per heavy atom. The van der Waals surface area contributed by atoms with Gasteiger partial charge in [-0.3, -0.25) is 4.79 Å². The summed E-state index contributed by atoms with van der Waals surface area (Å²) in [5, 5.41) is 5.79. The summed E-state index contributed by atoms with van der Waals surface area (Å²) in [6.45, 7) is 1.90. The molecule has 0 bridgehead atoms. The van der Waals surface area contributed by atoms with E-state index in [1.54, 1.807) is 4.90 Å². The first-order valence-electron chi connectivity index (χ1n) is 7.79. The van der Waals surface area contributed by atoms with E-state index in [1.807, 2.05) is 24.3 Å². The topological polar surface area (TPSA) is 61.4 Å². The second kappa shape index (κ2) is 6.64. The van der Waals surface area contributed by atoms with Crippen molar-refractivity contribution in [2.24, 2.45) is 5.92 Å². The van der Waals surface area contributed by atoms with Crippen LogP contribution >= 0.6 is 0 Å². The first-order valence-corrected chi connectivity index (χ1v) is 7.79. The molecule has 3 amide bonds. The molecule has 1 aliphatic heterocycles. The minimum absolute atomic E-state index is 0.0369. The molecule has 1 aromatic rings. The zero-order valence-corrected chi connectivity index (χ0v) is 12.5. The van der Waals surface area contributed by atoms with Crippen LogP contribution in [0.2, 0.25) is 0 Å². The van der Waals surface area contributed by atoms with Crippen LogP contribution in [0, 0.1) is 5.92 Å². The Morgan fingerprint density at radius 3 is 2.95 bits per heavy atom. The lowest BCUT2D eigenvalue weighted by Crippen LogP contribution is -2.28. The smallest absolute Gasteiger partial charge is 0.317 e. The molecule has 0 aromatic heterocycles. The minimum Gasteiger partial charge on any atom is -0.336 e. The van der Waals surface area contributed by atoms with Crippen LogP contribution in [0.3, 0.4) is 0 Å². The van der Waals surface area contributed by atoms with E-state index < -0.39 is 0 Å². The van der Waals surface area contributed by atoms with E-state index in [0.29, 0.717) is 32.0 Å². The lowest BCUT2D eigenvalue weighted by molar-refractivity contribution is -0.116. The molecule has 5 nitrogen and oxygen atoms in total. The summed E-state index contributed by atoms with van der Waals surface area (Å²) in [5.41, 5.74) is 1.77. The van der Waals surface area contributed by atoms with Gasteiger partial charge in [-0.1, -0.05) is 30.4 Å². The van der Waals surface area contributed by atoms with Crippen molar-refractivity contribution >= 4 is 17.6 Å². The van der Waals surface area contributed by atoms with Crippen LogP contribution in [-0.4, -0.2) is 29.9 Å². The molecule has 1 atom stereocenters. The summed E-state index contributed by atoms with van der Waals surface area (Å²) >= 11 is 0. The number of benzene rings is 1. The third-order valence-corrected chi connectivity index (χ3v) is 4.16. The van der Waals surface area contributed by atoms with Crippen molar-refractivity contribution in [1.29, 1.82) is 0 Å². The molecule has 22 heavy (non-hydrogen) atoms. The summed E-state index contributed by atoms with van der Waals surface area (Å²) in [6.07, 6.45) is 6.91. The van der Waals surface area contributed by atoms with Crippen LogP contribution in [0.25, 0.3) is 0 Å². The van der Waals surface area contributed by atoms with E-state index in [2.05, 4.69) is 22.8 Å². The number of hydrogen-bond donors (Lipinski definition) is 2. The molecule has 0 radical (unpaired) electrons. The average Bonchev–Trinajstić information content (AvgIpc) is 3.14. The van der Waals surface area contributed by atoms with Crippen molar-refractivity contribution < 1.29 is 9.59 Å². The predicted molar refractivity (Wildman–Crippen MR) is 85.4 cm³/mol. The van der Waals surface area contributed by atoms with E-state index in [0.717, 1.165) is 24.1 Å². The van der Waals surface area contributed by atoms with E-state index >= 15 is 0 Å². The molecule has 2 aliphatic rings. The maximum Gasteiger partial charge on any atom is 0.317 e. The van der Waals surface area contributed by atoms with Gasteiger partial charge in [0, 0.05) is 31.7 Å². The maximum absolute atomic E-state index is 12.2. The molecule has 0 unspecified atom stereocenters. The third kappa shape index (κ3) is 3.47. The SMILES string of the molecule is O=C(C[C@H]1C=CCC1)Nc1ccccc1CN1CCNC1=O. The predicted octanol–water partition coefficient (Wildman–Crippen LogP) is 2.51. The van der Waals surface area contributed by atoms with Crippen LogP contribution in [0.1, 0.15) is 24.8 Å². The lowest BCUT2D eigenvalue weighted by atomic mass is 10.0. The largest absolute Gasteiger partial charge is 0.336 e. The number of urea groups is 1. The molecule has 2 N–H and O–H groups in total. The van der Waals surface area contributed by atoms with Gasteiger partial charge in [0.2, 0.25) is 5.91 Å². The minimum atomic E-state index is -0.0442. The second-order valence-corrected chi connectivity index (χ2v) is 5.83. The Bertz CT molecular complexity index is 597. The first-order chi connectivity index (χ1) is 10.7. The molecule has 5 heteroatoms. The average molecular weight is 299 g/mol. The monoisotopic (exact) mass is 299 g/mol. The number of nitrogens with zero attached hydrogens (tertiary/aromatic N) is 1. The van der Waals surface area contributed by atoms with Crippen molar-refractivity contribution in [2.45, 2.75) is 25.8 Å². The van der Waals surface area contributed by atoms with Crippen LogP contribution in [0.5, 0.6) is 0 Å². The second-order valence-electron chi connectivity index (χ2n) is 5.83. The molecule has 1 fully saturated rings. The summed E-state index contributed by atoms with van der Waals surface area (Å²) in [7, 11) is 0. The number of hydrogen-bond acceptors (Lipinski definition) is 2. The van der Waals surface area contributed by atoms with Crippen molar-refractivity contribution in [2.75, 3.05) is 18.4 Å². The molecule has 1 heterocycles. The molecular weight excluding hydrogens is 278 g/mol. The van der Waals surface area contributed by atoms with Gasteiger partial charge < -0.3 is 15.5 Å². The van der Waals surface area contributed by atoms with E-state index in [4.69, 9.17) is 0 Å². The number of carbonyl (C=O) groups is 2. The van der Waals surface area contributed by atoms with E-state index in [-0.39, 0.29) is 11.9 Å². The summed E-state index contributed by atoms with van der Waals surface area (Å²) in [4.78, 5) is 25.6. The van der Waals surface area contributed by atoms with Crippen molar-refractivity contribution in [1.82, 2.24) is 10.2 Å². The highest BCUT2D eigenvalue weighted by Gasteiger charge is 2.21. The Kier molecular flexibility index (Phi) is 4.42. The standard InChI is InChI=1S/C17H21N3O2/c21-16(11-13-5-1-2-6-13)19-15-8-4-3-7-14(15)12-20-10-9-18-17(20)22/h1,3-5,7-8,13H,2,6,9-12H2,(H,18,22)(H,19,21)/t13-/m0/s1. The number of anilines is 1. The van der Waals surface area contributed by atoms with Crippen LogP contribution in [0.15, 0.2) is 36.4 Å². The van der Waals surface area contributed by atoms with Gasteiger partial charge in [-0.25, -0.2) is 4.79 Å². The van der Waals surface area contributed by atoms with Gasteiger partial charge in [0.15, 0.2) is 0 Å². The van der Waals surface area contributed by atoms with Gasteiger partial charge in [0.25, 0.3) is 0 Å². The van der Waals surface area contributed by atoms with Gasteiger partial charge in [-0.15, -0.1) is 0 Å². The zero-order valence-electron chi connectivity index (χ0n) is 12.5. The number of para-hydroxylation sites is 1.